The number of carbonyl (C=O) groups is 1. The zero-order valence-corrected chi connectivity index (χ0v) is 15.0. The van der Waals surface area contributed by atoms with Crippen LogP contribution in [0.5, 0.6) is 5.75 Å². The van der Waals surface area contributed by atoms with Gasteiger partial charge in [0.1, 0.15) is 5.75 Å². The lowest BCUT2D eigenvalue weighted by Crippen LogP contribution is -2.66. The SMILES string of the molecule is C[C@]1(O)C[C@@H](C(=O)N2CC3(CC(Cc4cccc(OC(F)F)c4)C3)C2)C1. The molecule has 0 radical (unpaired) electrons. The van der Waals surface area contributed by atoms with Crippen molar-refractivity contribution in [2.45, 2.75) is 51.2 Å². The predicted octanol–water partition coefficient (Wildman–Crippen LogP) is 3.23. The number of hydrogen-bond acceptors (Lipinski definition) is 3. The summed E-state index contributed by atoms with van der Waals surface area (Å²) in [5, 5.41) is 9.79. The molecule has 3 fully saturated rings. The minimum Gasteiger partial charge on any atom is -0.435 e. The summed E-state index contributed by atoms with van der Waals surface area (Å²) in [7, 11) is 0. The largest absolute Gasteiger partial charge is 0.435 e. The Kier molecular flexibility index (Phi) is 4.21. The number of amides is 1. The first-order valence-electron chi connectivity index (χ1n) is 9.29. The second-order valence-corrected chi connectivity index (χ2v) is 8.80. The van der Waals surface area contributed by atoms with E-state index in [-0.39, 0.29) is 23.0 Å². The maximum Gasteiger partial charge on any atom is 0.387 e. The number of carbonyl (C=O) groups excluding carboxylic acids is 1. The highest BCUT2D eigenvalue weighted by atomic mass is 19.3. The summed E-state index contributed by atoms with van der Waals surface area (Å²) in [5.74, 6) is 0.945. The molecular weight excluding hydrogens is 340 g/mol. The van der Waals surface area contributed by atoms with Crippen molar-refractivity contribution in [2.75, 3.05) is 13.1 Å². The number of ether oxygens (including phenoxy) is 1. The molecule has 4 rings (SSSR count). The van der Waals surface area contributed by atoms with Crippen LogP contribution in [0, 0.1) is 17.3 Å². The number of halogens is 2. The van der Waals surface area contributed by atoms with Gasteiger partial charge in [-0.25, -0.2) is 0 Å². The smallest absolute Gasteiger partial charge is 0.387 e. The van der Waals surface area contributed by atoms with Gasteiger partial charge in [0.15, 0.2) is 0 Å². The van der Waals surface area contributed by atoms with E-state index in [9.17, 15) is 18.7 Å². The monoisotopic (exact) mass is 365 g/mol. The topological polar surface area (TPSA) is 49.8 Å². The van der Waals surface area contributed by atoms with Gasteiger partial charge in [0.05, 0.1) is 5.60 Å². The molecule has 0 bridgehead atoms. The van der Waals surface area contributed by atoms with Crippen molar-refractivity contribution < 1.29 is 23.4 Å². The molecule has 0 atom stereocenters. The molecule has 1 spiro atoms. The van der Waals surface area contributed by atoms with Gasteiger partial charge < -0.3 is 14.7 Å². The molecule has 1 aromatic rings. The summed E-state index contributed by atoms with van der Waals surface area (Å²) in [6.45, 7) is 0.646. The van der Waals surface area contributed by atoms with Gasteiger partial charge in [-0.2, -0.15) is 8.78 Å². The van der Waals surface area contributed by atoms with Crippen LogP contribution in [0.25, 0.3) is 0 Å². The molecule has 2 aliphatic carbocycles. The van der Waals surface area contributed by atoms with Crippen molar-refractivity contribution in [3.8, 4) is 5.75 Å². The molecule has 1 N–H and O–H groups in total. The van der Waals surface area contributed by atoms with E-state index in [0.29, 0.717) is 18.8 Å². The Bertz CT molecular complexity index is 684. The maximum atomic E-state index is 12.4. The van der Waals surface area contributed by atoms with Crippen molar-refractivity contribution in [1.29, 1.82) is 0 Å². The van der Waals surface area contributed by atoms with Crippen molar-refractivity contribution in [2.24, 2.45) is 17.3 Å². The Balaban J connectivity index is 1.22. The number of alkyl halides is 2. The van der Waals surface area contributed by atoms with Crippen LogP contribution in [0.15, 0.2) is 24.3 Å². The third kappa shape index (κ3) is 3.43. The molecule has 2 saturated carbocycles. The van der Waals surface area contributed by atoms with Gasteiger partial charge in [-0.05, 0) is 62.6 Å². The van der Waals surface area contributed by atoms with Crippen LogP contribution in [0.4, 0.5) is 8.78 Å². The molecule has 6 heteroatoms. The van der Waals surface area contributed by atoms with Crippen molar-refractivity contribution >= 4 is 5.91 Å². The molecule has 142 valence electrons. The highest BCUT2D eigenvalue weighted by Crippen LogP contribution is 2.54. The summed E-state index contributed by atoms with van der Waals surface area (Å²) >= 11 is 0. The second-order valence-electron chi connectivity index (χ2n) is 8.80. The minimum atomic E-state index is -2.80. The number of hydrogen-bond donors (Lipinski definition) is 1. The number of aliphatic hydroxyl groups is 1. The number of nitrogens with zero attached hydrogens (tertiary/aromatic N) is 1. The molecule has 1 aromatic carbocycles. The van der Waals surface area contributed by atoms with Gasteiger partial charge >= 0.3 is 6.61 Å². The molecule has 0 aromatic heterocycles. The lowest BCUT2D eigenvalue weighted by molar-refractivity contribution is -0.171. The van der Waals surface area contributed by atoms with E-state index in [1.54, 1.807) is 25.1 Å². The van der Waals surface area contributed by atoms with Crippen LogP contribution in [-0.2, 0) is 11.2 Å². The molecule has 1 aliphatic heterocycles. The molecule has 4 nitrogen and oxygen atoms in total. The summed E-state index contributed by atoms with van der Waals surface area (Å²) < 4.78 is 29.1. The van der Waals surface area contributed by atoms with Crippen molar-refractivity contribution in [3.05, 3.63) is 29.8 Å². The summed E-state index contributed by atoms with van der Waals surface area (Å²) in [5.41, 5.74) is 0.628. The normalized spacial score (nSPS) is 29.9. The lowest BCUT2D eigenvalue weighted by Gasteiger charge is -2.60. The van der Waals surface area contributed by atoms with Crippen molar-refractivity contribution in [1.82, 2.24) is 4.90 Å². The molecule has 1 amide bonds. The van der Waals surface area contributed by atoms with Crippen LogP contribution < -0.4 is 4.74 Å². The van der Waals surface area contributed by atoms with Gasteiger partial charge in [-0.1, -0.05) is 12.1 Å². The van der Waals surface area contributed by atoms with Crippen LogP contribution in [0.1, 0.15) is 38.2 Å². The van der Waals surface area contributed by atoms with E-state index < -0.39 is 12.2 Å². The average Bonchev–Trinajstić information content (AvgIpc) is 2.44. The fourth-order valence-electron chi connectivity index (χ4n) is 5.10. The number of benzene rings is 1. The van der Waals surface area contributed by atoms with Crippen LogP contribution >= 0.6 is 0 Å². The Morgan fingerprint density at radius 3 is 2.62 bits per heavy atom. The Hall–Kier alpha value is -1.69. The fourth-order valence-corrected chi connectivity index (χ4v) is 5.10. The summed E-state index contributed by atoms with van der Waals surface area (Å²) in [6.07, 6.45) is 4.18. The molecule has 26 heavy (non-hydrogen) atoms. The van der Waals surface area contributed by atoms with E-state index in [1.807, 2.05) is 11.0 Å². The fraction of sp³-hybridized carbons (Fsp3) is 0.650. The quantitative estimate of drug-likeness (QED) is 0.872. The highest BCUT2D eigenvalue weighted by Gasteiger charge is 2.55. The van der Waals surface area contributed by atoms with Crippen LogP contribution in [-0.4, -0.2) is 41.2 Å². The molecule has 3 aliphatic rings. The Labute approximate surface area is 152 Å². The number of likely N-dealkylation sites (tertiary alicyclic amines) is 1. The van der Waals surface area contributed by atoms with E-state index in [0.717, 1.165) is 37.9 Å². The summed E-state index contributed by atoms with van der Waals surface area (Å²) in [4.78, 5) is 14.3. The highest BCUT2D eigenvalue weighted by molar-refractivity contribution is 5.81. The second kappa shape index (κ2) is 6.19. The van der Waals surface area contributed by atoms with E-state index in [4.69, 9.17) is 0 Å². The van der Waals surface area contributed by atoms with Crippen molar-refractivity contribution in [3.63, 3.8) is 0 Å². The van der Waals surface area contributed by atoms with E-state index in [1.165, 1.54) is 0 Å². The molecule has 1 saturated heterocycles. The zero-order chi connectivity index (χ0) is 18.5. The van der Waals surface area contributed by atoms with E-state index in [2.05, 4.69) is 4.74 Å². The van der Waals surface area contributed by atoms with Gasteiger partial charge in [0, 0.05) is 24.4 Å². The first kappa shape index (κ1) is 17.7. The van der Waals surface area contributed by atoms with Gasteiger partial charge in [0.2, 0.25) is 5.91 Å². The predicted molar refractivity (Wildman–Crippen MR) is 91.9 cm³/mol. The Morgan fingerprint density at radius 1 is 1.31 bits per heavy atom. The maximum absolute atomic E-state index is 12.4. The minimum absolute atomic E-state index is 0.00389. The van der Waals surface area contributed by atoms with Crippen LogP contribution in [0.3, 0.4) is 0 Å². The zero-order valence-electron chi connectivity index (χ0n) is 15.0. The third-order valence-electron chi connectivity index (χ3n) is 6.18. The standard InChI is InChI=1S/C20H25F2NO3/c1-19(25)9-15(10-19)17(24)23-11-20(12-23)7-14(8-20)5-13-3-2-4-16(6-13)26-18(21)22/h2-4,6,14-15,18,25H,5,7-12H2,1H3/t15-,19+. The average molecular weight is 365 g/mol. The molecule has 1 heterocycles. The van der Waals surface area contributed by atoms with E-state index >= 15 is 0 Å². The van der Waals surface area contributed by atoms with Crippen LogP contribution in [0.2, 0.25) is 0 Å². The molecular formula is C20H25F2NO3. The third-order valence-corrected chi connectivity index (χ3v) is 6.18. The first-order chi connectivity index (χ1) is 12.2. The summed E-state index contributed by atoms with van der Waals surface area (Å²) in [6, 6.07) is 6.93. The Morgan fingerprint density at radius 2 is 2.00 bits per heavy atom. The number of rotatable bonds is 5. The lowest BCUT2D eigenvalue weighted by atomic mass is 9.56. The molecule has 0 unspecified atom stereocenters. The van der Waals surface area contributed by atoms with Gasteiger partial charge in [-0.3, -0.25) is 4.79 Å². The van der Waals surface area contributed by atoms with Gasteiger partial charge in [0.25, 0.3) is 0 Å². The first-order valence-corrected chi connectivity index (χ1v) is 9.29. The van der Waals surface area contributed by atoms with Gasteiger partial charge in [-0.15, -0.1) is 0 Å².